The maximum Gasteiger partial charge on any atom is 0.257 e. The van der Waals surface area contributed by atoms with Crippen LogP contribution in [0.5, 0.6) is 5.75 Å². The van der Waals surface area contributed by atoms with E-state index in [4.69, 9.17) is 0 Å². The molecule has 0 saturated heterocycles. The number of aromatic nitrogens is 1. The van der Waals surface area contributed by atoms with Gasteiger partial charge in [-0.2, -0.15) is 0 Å². The van der Waals surface area contributed by atoms with Gasteiger partial charge < -0.3 is 5.11 Å². The van der Waals surface area contributed by atoms with Crippen molar-refractivity contribution in [1.29, 1.82) is 0 Å². The second-order valence-electron chi connectivity index (χ2n) is 4.44. The number of aromatic hydroxyl groups is 1. The summed E-state index contributed by atoms with van der Waals surface area (Å²) in [5.74, 6) is -0.0689. The Balaban J connectivity index is 1.88. The number of hydrogen-bond acceptors (Lipinski definition) is 4. The quantitative estimate of drug-likeness (QED) is 0.756. The Morgan fingerprint density at radius 2 is 2.05 bits per heavy atom. The Labute approximate surface area is 119 Å². The molecule has 0 bridgehead atoms. The summed E-state index contributed by atoms with van der Waals surface area (Å²) >= 11 is 1.44. The molecule has 100 valence electrons. The number of phenols is 1. The maximum absolute atomic E-state index is 12.2. The fourth-order valence-corrected chi connectivity index (χ4v) is 2.85. The zero-order chi connectivity index (χ0) is 14.1. The van der Waals surface area contributed by atoms with Gasteiger partial charge in [0.25, 0.3) is 5.91 Å². The van der Waals surface area contributed by atoms with Crippen LogP contribution in [0.2, 0.25) is 0 Å². The van der Waals surface area contributed by atoms with Crippen molar-refractivity contribution in [3.63, 3.8) is 0 Å². The number of thiazole rings is 1. The van der Waals surface area contributed by atoms with Crippen LogP contribution in [0.15, 0.2) is 42.5 Å². The van der Waals surface area contributed by atoms with E-state index in [1.165, 1.54) is 17.4 Å². The normalized spacial score (nSPS) is 10.7. The number of carbonyl (C=O) groups is 1. The van der Waals surface area contributed by atoms with Crippen molar-refractivity contribution in [2.45, 2.75) is 6.92 Å². The number of aryl methyl sites for hydroxylation is 1. The molecule has 0 aliphatic heterocycles. The summed E-state index contributed by atoms with van der Waals surface area (Å²) in [4.78, 5) is 16.6. The van der Waals surface area contributed by atoms with Gasteiger partial charge in [0.1, 0.15) is 5.75 Å². The van der Waals surface area contributed by atoms with E-state index in [1.807, 2.05) is 24.3 Å². The van der Waals surface area contributed by atoms with Gasteiger partial charge in [-0.05, 0) is 42.8 Å². The maximum atomic E-state index is 12.2. The largest absolute Gasteiger partial charge is 0.508 e. The molecular weight excluding hydrogens is 272 g/mol. The molecule has 3 rings (SSSR count). The number of nitrogens with zero attached hydrogens (tertiary/aromatic N) is 1. The van der Waals surface area contributed by atoms with E-state index in [2.05, 4.69) is 10.3 Å². The van der Waals surface area contributed by atoms with Gasteiger partial charge in [0, 0.05) is 5.56 Å². The summed E-state index contributed by atoms with van der Waals surface area (Å²) in [5, 5.41) is 12.7. The third-order valence-corrected chi connectivity index (χ3v) is 3.92. The van der Waals surface area contributed by atoms with Crippen molar-refractivity contribution < 1.29 is 9.90 Å². The summed E-state index contributed by atoms with van der Waals surface area (Å²) in [6, 6.07) is 12.4. The third-order valence-electron chi connectivity index (χ3n) is 2.97. The topological polar surface area (TPSA) is 62.2 Å². The third kappa shape index (κ3) is 2.35. The van der Waals surface area contributed by atoms with Crippen LogP contribution in [0.4, 0.5) is 5.13 Å². The van der Waals surface area contributed by atoms with Crippen LogP contribution >= 0.6 is 11.3 Å². The van der Waals surface area contributed by atoms with E-state index >= 15 is 0 Å². The number of amides is 1. The van der Waals surface area contributed by atoms with Crippen LogP contribution in [0.1, 0.15) is 15.9 Å². The predicted molar refractivity (Wildman–Crippen MR) is 80.4 cm³/mol. The van der Waals surface area contributed by atoms with Gasteiger partial charge in [0.05, 0.1) is 10.2 Å². The lowest BCUT2D eigenvalue weighted by Crippen LogP contribution is -2.12. The number of fused-ring (bicyclic) bond motifs is 1. The SMILES string of the molecule is Cc1cc(O)ccc1C(=O)Nc1nc2ccccc2s1. The molecule has 5 heteroatoms. The fourth-order valence-electron chi connectivity index (χ4n) is 1.99. The molecule has 2 aromatic carbocycles. The van der Waals surface area contributed by atoms with E-state index in [-0.39, 0.29) is 11.7 Å². The minimum atomic E-state index is -0.221. The fraction of sp³-hybridized carbons (Fsp3) is 0.0667. The highest BCUT2D eigenvalue weighted by Crippen LogP contribution is 2.26. The number of anilines is 1. The van der Waals surface area contributed by atoms with Crippen LogP contribution in [-0.4, -0.2) is 16.0 Å². The van der Waals surface area contributed by atoms with Gasteiger partial charge in [-0.1, -0.05) is 23.5 Å². The molecule has 0 atom stereocenters. The summed E-state index contributed by atoms with van der Waals surface area (Å²) in [6.45, 7) is 1.78. The molecule has 4 nitrogen and oxygen atoms in total. The zero-order valence-corrected chi connectivity index (χ0v) is 11.6. The van der Waals surface area contributed by atoms with Gasteiger partial charge in [0.2, 0.25) is 0 Å². The van der Waals surface area contributed by atoms with E-state index in [1.54, 1.807) is 19.1 Å². The minimum Gasteiger partial charge on any atom is -0.508 e. The van der Waals surface area contributed by atoms with E-state index < -0.39 is 0 Å². The minimum absolute atomic E-state index is 0.152. The van der Waals surface area contributed by atoms with Crippen molar-refractivity contribution in [2.24, 2.45) is 0 Å². The zero-order valence-electron chi connectivity index (χ0n) is 10.8. The average molecular weight is 284 g/mol. The van der Waals surface area contributed by atoms with Crippen LogP contribution in [-0.2, 0) is 0 Å². The van der Waals surface area contributed by atoms with Crippen LogP contribution in [0.3, 0.4) is 0 Å². The Hall–Kier alpha value is -2.40. The molecule has 0 spiro atoms. The standard InChI is InChI=1S/C15H12N2O2S/c1-9-8-10(18)6-7-11(9)14(19)17-15-16-12-4-2-3-5-13(12)20-15/h2-8,18H,1H3,(H,16,17,19). The number of benzene rings is 2. The first-order valence-electron chi connectivity index (χ1n) is 6.10. The first-order chi connectivity index (χ1) is 9.63. The second-order valence-corrected chi connectivity index (χ2v) is 5.47. The predicted octanol–water partition coefficient (Wildman–Crippen LogP) is 3.56. The van der Waals surface area contributed by atoms with Crippen LogP contribution < -0.4 is 5.32 Å². The van der Waals surface area contributed by atoms with Crippen molar-refractivity contribution >= 4 is 32.6 Å². The highest BCUT2D eigenvalue weighted by molar-refractivity contribution is 7.22. The molecule has 0 aliphatic rings. The smallest absolute Gasteiger partial charge is 0.257 e. The molecular formula is C15H12N2O2S. The second kappa shape index (κ2) is 4.94. The van der Waals surface area contributed by atoms with Crippen molar-refractivity contribution in [3.05, 3.63) is 53.6 Å². The van der Waals surface area contributed by atoms with Gasteiger partial charge in [-0.15, -0.1) is 0 Å². The molecule has 0 aliphatic carbocycles. The van der Waals surface area contributed by atoms with Crippen molar-refractivity contribution in [2.75, 3.05) is 5.32 Å². The van der Waals surface area contributed by atoms with Crippen molar-refractivity contribution in [3.8, 4) is 5.75 Å². The molecule has 1 aromatic heterocycles. The number of carbonyl (C=O) groups excluding carboxylic acids is 1. The number of rotatable bonds is 2. The monoisotopic (exact) mass is 284 g/mol. The first kappa shape index (κ1) is 12.6. The summed E-state index contributed by atoms with van der Waals surface area (Å²) in [7, 11) is 0. The molecule has 0 unspecified atom stereocenters. The Kier molecular flexibility index (Phi) is 3.12. The highest BCUT2D eigenvalue weighted by Gasteiger charge is 2.12. The lowest BCUT2D eigenvalue weighted by Gasteiger charge is -2.05. The van der Waals surface area contributed by atoms with Crippen molar-refractivity contribution in [1.82, 2.24) is 4.98 Å². The number of para-hydroxylation sites is 1. The lowest BCUT2D eigenvalue weighted by atomic mass is 10.1. The van der Waals surface area contributed by atoms with Gasteiger partial charge in [-0.3, -0.25) is 10.1 Å². The Morgan fingerprint density at radius 1 is 1.25 bits per heavy atom. The molecule has 1 amide bonds. The van der Waals surface area contributed by atoms with Crippen LogP contribution in [0, 0.1) is 6.92 Å². The van der Waals surface area contributed by atoms with E-state index in [0.29, 0.717) is 10.7 Å². The highest BCUT2D eigenvalue weighted by atomic mass is 32.1. The molecule has 1 heterocycles. The first-order valence-corrected chi connectivity index (χ1v) is 6.92. The van der Waals surface area contributed by atoms with E-state index in [0.717, 1.165) is 15.8 Å². The molecule has 3 aromatic rings. The Morgan fingerprint density at radius 3 is 2.80 bits per heavy atom. The van der Waals surface area contributed by atoms with Crippen LogP contribution in [0.25, 0.3) is 10.2 Å². The van der Waals surface area contributed by atoms with E-state index in [9.17, 15) is 9.90 Å². The number of phenolic OH excluding ortho intramolecular Hbond substituents is 1. The lowest BCUT2D eigenvalue weighted by molar-refractivity contribution is 0.102. The number of hydrogen-bond donors (Lipinski definition) is 2. The molecule has 20 heavy (non-hydrogen) atoms. The molecule has 0 radical (unpaired) electrons. The molecule has 0 saturated carbocycles. The summed E-state index contributed by atoms with van der Waals surface area (Å²) < 4.78 is 1.03. The molecule has 0 fully saturated rings. The van der Waals surface area contributed by atoms with Gasteiger partial charge in [0.15, 0.2) is 5.13 Å². The average Bonchev–Trinajstić information content (AvgIpc) is 2.80. The van der Waals surface area contributed by atoms with Gasteiger partial charge in [-0.25, -0.2) is 4.98 Å². The number of nitrogens with one attached hydrogen (secondary N) is 1. The van der Waals surface area contributed by atoms with Gasteiger partial charge >= 0.3 is 0 Å². The molecule has 2 N–H and O–H groups in total. The summed E-state index contributed by atoms with van der Waals surface area (Å²) in [6.07, 6.45) is 0. The Bertz CT molecular complexity index is 762. The summed E-state index contributed by atoms with van der Waals surface area (Å²) in [5.41, 5.74) is 2.13.